The van der Waals surface area contributed by atoms with Crippen LogP contribution in [0.3, 0.4) is 0 Å². The van der Waals surface area contributed by atoms with Gasteiger partial charge in [-0.05, 0) is 63.3 Å². The number of amides is 1. The molecule has 7 nitrogen and oxygen atoms in total. The number of anilines is 1. The van der Waals surface area contributed by atoms with E-state index in [1.165, 1.54) is 16.5 Å². The minimum atomic E-state index is -0.523. The molecule has 2 aromatic heterocycles. The minimum Gasteiger partial charge on any atom is -0.379 e. The molecule has 0 bridgehead atoms. The molecular formula is C25H31N5O2. The van der Waals surface area contributed by atoms with Crippen LogP contribution in [0, 0.1) is 6.92 Å². The van der Waals surface area contributed by atoms with Gasteiger partial charge in [0.15, 0.2) is 0 Å². The number of ether oxygens (including phenoxy) is 1. The minimum absolute atomic E-state index is 0.199. The summed E-state index contributed by atoms with van der Waals surface area (Å²) in [6.45, 7) is 11.2. The van der Waals surface area contributed by atoms with Gasteiger partial charge in [-0.15, -0.1) is 0 Å². The molecule has 2 N–H and O–H groups in total. The van der Waals surface area contributed by atoms with Crippen molar-refractivity contribution >= 4 is 22.5 Å². The Morgan fingerprint density at radius 2 is 1.91 bits per heavy atom. The van der Waals surface area contributed by atoms with Gasteiger partial charge in [0.2, 0.25) is 5.91 Å². The number of benzene rings is 1. The molecule has 3 aromatic rings. The van der Waals surface area contributed by atoms with Gasteiger partial charge in [0.1, 0.15) is 5.69 Å². The van der Waals surface area contributed by atoms with Gasteiger partial charge in [0.05, 0.1) is 24.3 Å². The summed E-state index contributed by atoms with van der Waals surface area (Å²) in [5.41, 5.74) is 8.80. The van der Waals surface area contributed by atoms with Gasteiger partial charge in [0.25, 0.3) is 0 Å². The molecule has 168 valence electrons. The average Bonchev–Trinajstić information content (AvgIpc) is 3.33. The number of nitrogens with zero attached hydrogens (tertiary/aromatic N) is 3. The molecule has 1 amide bonds. The third-order valence-corrected chi connectivity index (χ3v) is 7.67. The molecule has 2 aliphatic heterocycles. The summed E-state index contributed by atoms with van der Waals surface area (Å²) in [6, 6.07) is 4.47. The monoisotopic (exact) mass is 433 g/mol. The van der Waals surface area contributed by atoms with Crippen molar-refractivity contribution in [1.82, 2.24) is 20.1 Å². The van der Waals surface area contributed by atoms with Crippen molar-refractivity contribution in [2.75, 3.05) is 44.3 Å². The second kappa shape index (κ2) is 7.18. The number of morpholine rings is 1. The van der Waals surface area contributed by atoms with E-state index in [9.17, 15) is 4.79 Å². The molecule has 0 unspecified atom stereocenters. The topological polar surface area (TPSA) is 77.2 Å². The molecule has 1 aliphatic carbocycles. The molecule has 32 heavy (non-hydrogen) atoms. The van der Waals surface area contributed by atoms with E-state index >= 15 is 0 Å². The maximum Gasteiger partial charge on any atom is 0.237 e. The summed E-state index contributed by atoms with van der Waals surface area (Å²) in [5, 5.41) is 9.04. The first-order valence-corrected chi connectivity index (χ1v) is 11.8. The highest BCUT2D eigenvalue weighted by Gasteiger charge is 2.44. The number of aromatic amines is 2. The smallest absolute Gasteiger partial charge is 0.237 e. The van der Waals surface area contributed by atoms with Crippen LogP contribution in [0.2, 0.25) is 0 Å². The molecule has 0 atom stereocenters. The Hall–Kier alpha value is -2.64. The van der Waals surface area contributed by atoms with E-state index in [0.717, 1.165) is 92.5 Å². The number of aromatic nitrogens is 3. The Morgan fingerprint density at radius 1 is 1.12 bits per heavy atom. The molecule has 4 heterocycles. The highest BCUT2D eigenvalue weighted by Crippen LogP contribution is 2.46. The molecule has 0 spiro atoms. The second-order valence-corrected chi connectivity index (χ2v) is 9.96. The van der Waals surface area contributed by atoms with E-state index in [1.54, 1.807) is 0 Å². The molecule has 6 rings (SSSR count). The fourth-order valence-corrected chi connectivity index (χ4v) is 5.73. The zero-order valence-electron chi connectivity index (χ0n) is 19.2. The highest BCUT2D eigenvalue weighted by molar-refractivity contribution is 6.10. The van der Waals surface area contributed by atoms with Crippen molar-refractivity contribution < 1.29 is 9.53 Å². The van der Waals surface area contributed by atoms with Crippen molar-refractivity contribution in [1.29, 1.82) is 0 Å². The van der Waals surface area contributed by atoms with Crippen molar-refractivity contribution in [2.24, 2.45) is 0 Å². The molecule has 7 heteroatoms. The van der Waals surface area contributed by atoms with E-state index in [0.29, 0.717) is 0 Å². The summed E-state index contributed by atoms with van der Waals surface area (Å²) >= 11 is 0. The second-order valence-electron chi connectivity index (χ2n) is 9.96. The molecule has 1 fully saturated rings. The number of carbonyl (C=O) groups excluding carboxylic acids is 1. The van der Waals surface area contributed by atoms with Crippen LogP contribution < -0.4 is 4.90 Å². The summed E-state index contributed by atoms with van der Waals surface area (Å²) < 4.78 is 5.48. The number of rotatable bonds is 3. The molecule has 0 radical (unpaired) electrons. The van der Waals surface area contributed by atoms with Crippen molar-refractivity contribution in [3.8, 4) is 11.4 Å². The first kappa shape index (κ1) is 20.0. The van der Waals surface area contributed by atoms with Gasteiger partial charge < -0.3 is 14.6 Å². The van der Waals surface area contributed by atoms with E-state index in [1.807, 2.05) is 4.90 Å². The third kappa shape index (κ3) is 2.87. The van der Waals surface area contributed by atoms with Crippen LogP contribution in [0.4, 0.5) is 5.69 Å². The van der Waals surface area contributed by atoms with Gasteiger partial charge in [-0.1, -0.05) is 0 Å². The summed E-state index contributed by atoms with van der Waals surface area (Å²) in [5.74, 6) is 0.199. The summed E-state index contributed by atoms with van der Waals surface area (Å²) in [6.07, 6.45) is 3.18. The molecule has 3 aliphatic rings. The lowest BCUT2D eigenvalue weighted by Crippen LogP contribution is -2.44. The molecule has 0 saturated carbocycles. The van der Waals surface area contributed by atoms with E-state index in [4.69, 9.17) is 4.74 Å². The number of carbonyl (C=O) groups is 1. The third-order valence-electron chi connectivity index (χ3n) is 7.67. The van der Waals surface area contributed by atoms with Crippen LogP contribution in [0.1, 0.15) is 42.7 Å². The molecular weight excluding hydrogens is 402 g/mol. The van der Waals surface area contributed by atoms with Crippen molar-refractivity contribution in [3.63, 3.8) is 0 Å². The Morgan fingerprint density at radius 3 is 2.72 bits per heavy atom. The number of aryl methyl sites for hydroxylation is 2. The van der Waals surface area contributed by atoms with Gasteiger partial charge in [0, 0.05) is 54.0 Å². The number of hydrogen-bond donors (Lipinski definition) is 2. The maximum atomic E-state index is 13.4. The van der Waals surface area contributed by atoms with Gasteiger partial charge in [-0.2, -0.15) is 5.10 Å². The fourth-order valence-electron chi connectivity index (χ4n) is 5.73. The Kier molecular flexibility index (Phi) is 4.49. The van der Waals surface area contributed by atoms with Crippen molar-refractivity contribution in [3.05, 3.63) is 34.5 Å². The number of hydrogen-bond acceptors (Lipinski definition) is 4. The fraction of sp³-hybridized carbons (Fsp3) is 0.520. The lowest BCUT2D eigenvalue weighted by atomic mass is 9.85. The predicted molar refractivity (Wildman–Crippen MR) is 125 cm³/mol. The van der Waals surface area contributed by atoms with E-state index < -0.39 is 5.41 Å². The predicted octanol–water partition coefficient (Wildman–Crippen LogP) is 3.31. The first-order valence-electron chi connectivity index (χ1n) is 11.8. The largest absolute Gasteiger partial charge is 0.379 e. The zero-order chi connectivity index (χ0) is 22.0. The van der Waals surface area contributed by atoms with Crippen LogP contribution in [-0.4, -0.2) is 65.4 Å². The average molecular weight is 434 g/mol. The maximum absolute atomic E-state index is 13.4. The van der Waals surface area contributed by atoms with Gasteiger partial charge >= 0.3 is 0 Å². The van der Waals surface area contributed by atoms with E-state index in [-0.39, 0.29) is 5.91 Å². The highest BCUT2D eigenvalue weighted by atomic mass is 16.5. The van der Waals surface area contributed by atoms with Crippen LogP contribution in [0.5, 0.6) is 0 Å². The number of fused-ring (bicyclic) bond motifs is 6. The summed E-state index contributed by atoms with van der Waals surface area (Å²) in [4.78, 5) is 21.5. The van der Waals surface area contributed by atoms with E-state index in [2.05, 4.69) is 53.0 Å². The van der Waals surface area contributed by atoms with Crippen LogP contribution in [-0.2, 0) is 27.8 Å². The SMILES string of the molecule is Cc1[nH]nc2c1CCCc1c-2[nH]c2cc3c(cc12)N(CCN1CCOCC1)C(=O)C3(C)C. The Balaban J connectivity index is 1.43. The van der Waals surface area contributed by atoms with Gasteiger partial charge in [-0.3, -0.25) is 14.8 Å². The molecule has 1 saturated heterocycles. The lowest BCUT2D eigenvalue weighted by molar-refractivity contribution is -0.122. The lowest BCUT2D eigenvalue weighted by Gasteiger charge is -2.29. The van der Waals surface area contributed by atoms with Crippen LogP contribution >= 0.6 is 0 Å². The quantitative estimate of drug-likeness (QED) is 0.664. The van der Waals surface area contributed by atoms with Crippen molar-refractivity contribution in [2.45, 2.75) is 45.4 Å². The number of H-pyrrole nitrogens is 2. The van der Waals surface area contributed by atoms with Crippen LogP contribution in [0.15, 0.2) is 12.1 Å². The zero-order valence-corrected chi connectivity index (χ0v) is 19.2. The standard InChI is InChI=1S/C25H31N5O2/c1-15-16-5-4-6-17-18-13-21-19(14-20(18)26-22(17)23(16)28-27-15)25(2,3)24(31)30(21)8-7-29-9-11-32-12-10-29/h13-14,26H,4-12H2,1-3H3,(H,27,28). The van der Waals surface area contributed by atoms with Crippen LogP contribution in [0.25, 0.3) is 22.3 Å². The van der Waals surface area contributed by atoms with Gasteiger partial charge in [-0.25, -0.2) is 0 Å². The Bertz CT molecular complexity index is 1210. The number of nitrogens with one attached hydrogen (secondary N) is 2. The molecule has 1 aromatic carbocycles. The Labute approximate surface area is 188 Å². The summed E-state index contributed by atoms with van der Waals surface area (Å²) in [7, 11) is 0. The first-order chi connectivity index (χ1) is 15.4. The normalized spacial score (nSPS) is 20.3.